The molecule has 4 N–H and O–H groups in total. The van der Waals surface area contributed by atoms with Crippen molar-refractivity contribution in [2.24, 2.45) is 5.73 Å². The number of hydrogen-bond donors (Lipinski definition) is 3. The van der Waals surface area contributed by atoms with Crippen LogP contribution in [-0.2, 0) is 35.6 Å². The molecule has 1 heterocycles. The Morgan fingerprint density at radius 1 is 1.05 bits per heavy atom. The predicted molar refractivity (Wildman–Crippen MR) is 155 cm³/mol. The third kappa shape index (κ3) is 6.07. The van der Waals surface area contributed by atoms with E-state index < -0.39 is 39.2 Å². The van der Waals surface area contributed by atoms with Gasteiger partial charge < -0.3 is 21.1 Å². The molecule has 3 aromatic carbocycles. The number of amides is 2. The van der Waals surface area contributed by atoms with E-state index in [9.17, 15) is 27.2 Å². The summed E-state index contributed by atoms with van der Waals surface area (Å²) in [5.74, 6) is -2.18. The first-order valence-electron chi connectivity index (χ1n) is 12.4. The molecule has 4 rings (SSSR count). The molecule has 0 aliphatic carbocycles. The van der Waals surface area contributed by atoms with Gasteiger partial charge in [-0.3, -0.25) is 18.7 Å². The van der Waals surface area contributed by atoms with Gasteiger partial charge in [-0.1, -0.05) is 24.3 Å². The van der Waals surface area contributed by atoms with Crippen LogP contribution in [0.4, 0.5) is 21.5 Å². The molecule has 2 amide bonds. The lowest BCUT2D eigenvalue weighted by Gasteiger charge is -2.35. The van der Waals surface area contributed by atoms with Gasteiger partial charge in [-0.05, 0) is 67.4 Å². The maximum atomic E-state index is 13.9. The van der Waals surface area contributed by atoms with Gasteiger partial charge in [0.2, 0.25) is 15.9 Å². The molecule has 0 saturated carbocycles. The van der Waals surface area contributed by atoms with Crippen molar-refractivity contribution in [2.45, 2.75) is 25.8 Å². The quantitative estimate of drug-likeness (QED) is 0.259. The average Bonchev–Trinajstić information content (AvgIpc) is 3.22. The molecule has 214 valence electrons. The summed E-state index contributed by atoms with van der Waals surface area (Å²) in [7, 11) is -2.58. The molecule has 0 aromatic heterocycles. The van der Waals surface area contributed by atoms with Gasteiger partial charge >= 0.3 is 5.97 Å². The van der Waals surface area contributed by atoms with Crippen LogP contribution < -0.4 is 20.7 Å². The van der Waals surface area contributed by atoms with Gasteiger partial charge in [0.15, 0.2) is 0 Å². The number of rotatable bonds is 9. The van der Waals surface area contributed by atoms with Crippen molar-refractivity contribution in [2.75, 3.05) is 28.3 Å². The highest BCUT2D eigenvalue weighted by Crippen LogP contribution is 2.38. The molecule has 0 saturated heterocycles. The van der Waals surface area contributed by atoms with Crippen LogP contribution in [0, 0.1) is 5.82 Å². The highest BCUT2D eigenvalue weighted by Gasteiger charge is 2.39. The molecule has 3 aromatic rings. The van der Waals surface area contributed by atoms with Crippen LogP contribution in [0.5, 0.6) is 0 Å². The van der Waals surface area contributed by atoms with E-state index in [0.29, 0.717) is 33.8 Å². The number of anilines is 3. The van der Waals surface area contributed by atoms with Crippen LogP contribution in [-0.4, -0.2) is 45.1 Å². The maximum Gasteiger partial charge on any atom is 0.309 e. The van der Waals surface area contributed by atoms with Crippen LogP contribution in [0.2, 0.25) is 0 Å². The summed E-state index contributed by atoms with van der Waals surface area (Å²) >= 11 is 0. The van der Waals surface area contributed by atoms with Gasteiger partial charge in [0.1, 0.15) is 11.4 Å². The first kappa shape index (κ1) is 29.3. The topological polar surface area (TPSA) is 148 Å². The van der Waals surface area contributed by atoms with E-state index in [4.69, 9.17) is 10.5 Å². The van der Waals surface area contributed by atoms with E-state index in [0.717, 1.165) is 10.6 Å². The van der Waals surface area contributed by atoms with Gasteiger partial charge in [0.05, 0.1) is 42.4 Å². The minimum absolute atomic E-state index is 0.0681. The highest BCUT2D eigenvalue weighted by molar-refractivity contribution is 7.92. The van der Waals surface area contributed by atoms with E-state index in [1.807, 2.05) is 0 Å². The van der Waals surface area contributed by atoms with Crippen LogP contribution in [0.15, 0.2) is 66.7 Å². The Hall–Kier alpha value is -4.71. The molecule has 0 spiro atoms. The number of fused-ring (bicyclic) bond motifs is 1. The molecular formula is C29H29FN4O6S. The number of halogens is 1. The Balaban J connectivity index is 1.79. The highest BCUT2D eigenvalue weighted by atomic mass is 32.2. The van der Waals surface area contributed by atoms with Crippen molar-refractivity contribution in [3.05, 3.63) is 89.2 Å². The van der Waals surface area contributed by atoms with Crippen molar-refractivity contribution in [3.63, 3.8) is 0 Å². The zero-order valence-corrected chi connectivity index (χ0v) is 23.6. The zero-order chi connectivity index (χ0) is 30.1. The van der Waals surface area contributed by atoms with E-state index >= 15 is 0 Å². The number of methoxy groups -OCH3 is 1. The number of carbonyl (C=O) groups excluding carboxylic acids is 3. The molecule has 41 heavy (non-hydrogen) atoms. The van der Waals surface area contributed by atoms with Crippen LogP contribution in [0.25, 0.3) is 11.3 Å². The average molecular weight is 581 g/mol. The summed E-state index contributed by atoms with van der Waals surface area (Å²) in [6, 6.07) is 17.1. The van der Waals surface area contributed by atoms with Gasteiger partial charge in [-0.15, -0.1) is 0 Å². The molecule has 0 radical (unpaired) electrons. The number of benzene rings is 3. The van der Waals surface area contributed by atoms with Crippen molar-refractivity contribution in [1.29, 1.82) is 0 Å². The Bertz CT molecular complexity index is 1670. The van der Waals surface area contributed by atoms with E-state index in [2.05, 4.69) is 10.6 Å². The minimum atomic E-state index is -3.89. The molecule has 10 nitrogen and oxygen atoms in total. The molecule has 1 aliphatic heterocycles. The third-order valence-corrected chi connectivity index (χ3v) is 7.94. The van der Waals surface area contributed by atoms with Gasteiger partial charge in [-0.2, -0.15) is 0 Å². The number of sulfonamides is 1. The number of nitrogens with two attached hydrogens (primary N) is 1. The fourth-order valence-corrected chi connectivity index (χ4v) is 5.98. The standard InChI is InChI=1S/C29H29FN4O6S/c1-29(2,28(31)37)34(41(4,38)39)21-12-10-20(11-13-21)32-26(18-7-5-17(6-8-18)15-24(35)40-3)25-22-14-9-19(30)16-23(22)33-27(25)36/h5-14,16,32H,15H2,1-4H3,(H2,31,37)(H,33,36)/b26-25-. The summed E-state index contributed by atoms with van der Waals surface area (Å²) in [5.41, 5.74) is 7.41. The van der Waals surface area contributed by atoms with E-state index in [-0.39, 0.29) is 17.7 Å². The van der Waals surface area contributed by atoms with E-state index in [1.165, 1.54) is 51.3 Å². The number of primary amides is 1. The summed E-state index contributed by atoms with van der Waals surface area (Å²) in [5, 5.41) is 5.92. The normalized spacial score (nSPS) is 14.1. The number of hydrogen-bond acceptors (Lipinski definition) is 7. The number of nitrogens with zero attached hydrogens (tertiary/aromatic N) is 1. The molecule has 0 atom stereocenters. The Kier molecular flexibility index (Phi) is 7.89. The Labute approximate surface area is 237 Å². The number of esters is 1. The molecule has 12 heteroatoms. The molecule has 0 unspecified atom stereocenters. The molecule has 0 fully saturated rings. The summed E-state index contributed by atoms with van der Waals surface area (Å²) in [6.07, 6.45) is 1.05. The fourth-order valence-electron chi connectivity index (χ4n) is 4.55. The number of ether oxygens (including phenoxy) is 1. The smallest absolute Gasteiger partial charge is 0.309 e. The van der Waals surface area contributed by atoms with Crippen molar-refractivity contribution < 1.29 is 31.9 Å². The largest absolute Gasteiger partial charge is 0.469 e. The first-order valence-corrected chi connectivity index (χ1v) is 14.3. The van der Waals surface area contributed by atoms with Crippen molar-refractivity contribution in [1.82, 2.24) is 0 Å². The first-order chi connectivity index (χ1) is 19.2. The lowest BCUT2D eigenvalue weighted by atomic mass is 9.98. The SMILES string of the molecule is COC(=O)Cc1ccc(/C(Nc2ccc(N(C(C)(C)C(N)=O)S(C)(=O)=O)cc2)=C2/C(=O)Nc3cc(F)ccc32)cc1. The lowest BCUT2D eigenvalue weighted by molar-refractivity contribution is -0.139. The predicted octanol–water partition coefficient (Wildman–Crippen LogP) is 3.50. The van der Waals surface area contributed by atoms with E-state index in [1.54, 1.807) is 36.4 Å². The fraction of sp³-hybridized carbons (Fsp3) is 0.207. The van der Waals surface area contributed by atoms with Gasteiger partial charge in [-0.25, -0.2) is 12.8 Å². The molecular weight excluding hydrogens is 551 g/mol. The summed E-state index contributed by atoms with van der Waals surface area (Å²) in [6.45, 7) is 2.82. The number of nitrogens with one attached hydrogen (secondary N) is 2. The maximum absolute atomic E-state index is 13.9. The summed E-state index contributed by atoms with van der Waals surface area (Å²) in [4.78, 5) is 36.9. The molecule has 1 aliphatic rings. The summed E-state index contributed by atoms with van der Waals surface area (Å²) < 4.78 is 44.7. The molecule has 0 bridgehead atoms. The Morgan fingerprint density at radius 3 is 2.24 bits per heavy atom. The van der Waals surface area contributed by atoms with Crippen LogP contribution >= 0.6 is 0 Å². The second-order valence-corrected chi connectivity index (χ2v) is 11.8. The second-order valence-electron chi connectivity index (χ2n) is 9.97. The van der Waals surface area contributed by atoms with Gasteiger partial charge in [0.25, 0.3) is 5.91 Å². The Morgan fingerprint density at radius 2 is 1.68 bits per heavy atom. The van der Waals surface area contributed by atoms with Crippen LogP contribution in [0.1, 0.15) is 30.5 Å². The van der Waals surface area contributed by atoms with Gasteiger partial charge in [0, 0.05) is 11.3 Å². The second kappa shape index (κ2) is 11.0. The van der Waals surface area contributed by atoms with Crippen molar-refractivity contribution >= 4 is 56.1 Å². The zero-order valence-electron chi connectivity index (χ0n) is 22.8. The van der Waals surface area contributed by atoms with Crippen molar-refractivity contribution in [3.8, 4) is 0 Å². The monoisotopic (exact) mass is 580 g/mol. The van der Waals surface area contributed by atoms with Crippen LogP contribution in [0.3, 0.4) is 0 Å². The third-order valence-electron chi connectivity index (χ3n) is 6.61. The number of carbonyl (C=O) groups is 3. The minimum Gasteiger partial charge on any atom is -0.469 e. The lowest BCUT2D eigenvalue weighted by Crippen LogP contribution is -2.55.